The Labute approximate surface area is 115 Å². The van der Waals surface area contributed by atoms with Crippen LogP contribution in [-0.4, -0.2) is 39.9 Å². The van der Waals surface area contributed by atoms with Crippen molar-refractivity contribution in [2.45, 2.75) is 18.4 Å². The maximum absolute atomic E-state index is 12.5. The van der Waals surface area contributed by atoms with Gasteiger partial charge < -0.3 is 15.7 Å². The molecule has 3 aliphatic rings. The molecule has 20 heavy (non-hydrogen) atoms. The molecule has 3 fully saturated rings. The first-order valence-electron chi connectivity index (χ1n) is 6.39. The molecule has 104 valence electrons. The van der Waals surface area contributed by atoms with Crippen molar-refractivity contribution in [2.75, 3.05) is 6.54 Å². The molecule has 0 radical (unpaired) electrons. The van der Waals surface area contributed by atoms with E-state index in [0.29, 0.717) is 25.3 Å². The van der Waals surface area contributed by atoms with Crippen molar-refractivity contribution >= 4 is 17.8 Å². The lowest BCUT2D eigenvalue weighted by Crippen LogP contribution is -2.57. The van der Waals surface area contributed by atoms with Crippen molar-refractivity contribution in [2.24, 2.45) is 11.7 Å². The van der Waals surface area contributed by atoms with Gasteiger partial charge in [0.05, 0.1) is 5.56 Å². The highest BCUT2D eigenvalue weighted by Gasteiger charge is 2.61. The Bertz CT molecular complexity index is 619. The van der Waals surface area contributed by atoms with Crippen molar-refractivity contribution in [3.8, 4) is 0 Å². The summed E-state index contributed by atoms with van der Waals surface area (Å²) in [5.41, 5.74) is 4.89. The Morgan fingerprint density at radius 2 is 1.90 bits per heavy atom. The summed E-state index contributed by atoms with van der Waals surface area (Å²) in [4.78, 5) is 36.6. The van der Waals surface area contributed by atoms with Crippen molar-refractivity contribution < 1.29 is 19.5 Å². The number of nitrogens with zero attached hydrogens (tertiary/aromatic N) is 1. The number of fused-ring (bicyclic) bond motifs is 1. The molecular weight excluding hydrogens is 260 g/mol. The molecule has 0 unspecified atom stereocenters. The number of carbonyl (C=O) groups is 3. The van der Waals surface area contributed by atoms with Gasteiger partial charge in [0.15, 0.2) is 0 Å². The maximum atomic E-state index is 12.5. The topological polar surface area (TPSA) is 101 Å². The molecule has 6 nitrogen and oxygen atoms in total. The highest BCUT2D eigenvalue weighted by atomic mass is 16.4. The first-order valence-corrected chi connectivity index (χ1v) is 6.39. The van der Waals surface area contributed by atoms with E-state index >= 15 is 0 Å². The number of carbonyl (C=O) groups excluding carboxylic acids is 2. The van der Waals surface area contributed by atoms with Crippen LogP contribution in [-0.2, 0) is 4.79 Å². The first kappa shape index (κ1) is 12.7. The largest absolute Gasteiger partial charge is 0.478 e. The van der Waals surface area contributed by atoms with Crippen LogP contribution >= 0.6 is 0 Å². The van der Waals surface area contributed by atoms with Crippen LogP contribution in [0.1, 0.15) is 33.6 Å². The van der Waals surface area contributed by atoms with Crippen LogP contribution in [0.2, 0.25) is 0 Å². The van der Waals surface area contributed by atoms with Gasteiger partial charge in [-0.15, -0.1) is 0 Å². The Morgan fingerprint density at radius 1 is 1.25 bits per heavy atom. The van der Waals surface area contributed by atoms with Crippen LogP contribution in [0.5, 0.6) is 0 Å². The van der Waals surface area contributed by atoms with Gasteiger partial charge in [-0.1, -0.05) is 6.07 Å². The van der Waals surface area contributed by atoms with Crippen LogP contribution < -0.4 is 5.73 Å². The second-order valence-electron chi connectivity index (χ2n) is 5.47. The molecule has 2 bridgehead atoms. The fourth-order valence-corrected chi connectivity index (χ4v) is 3.23. The van der Waals surface area contributed by atoms with E-state index in [1.807, 2.05) is 0 Å². The minimum atomic E-state index is -1.09. The highest BCUT2D eigenvalue weighted by molar-refractivity contribution is 6.01. The molecule has 1 saturated carbocycles. The Kier molecular flexibility index (Phi) is 2.57. The van der Waals surface area contributed by atoms with E-state index in [0.717, 1.165) is 0 Å². The summed E-state index contributed by atoms with van der Waals surface area (Å²) < 4.78 is 0. The zero-order chi connectivity index (χ0) is 14.5. The van der Waals surface area contributed by atoms with E-state index in [2.05, 4.69) is 0 Å². The molecule has 2 heterocycles. The molecule has 0 aromatic heterocycles. The Hall–Kier alpha value is -2.37. The fraction of sp³-hybridized carbons (Fsp3) is 0.357. The molecule has 2 saturated heterocycles. The molecule has 0 atom stereocenters. The van der Waals surface area contributed by atoms with Gasteiger partial charge >= 0.3 is 5.97 Å². The summed E-state index contributed by atoms with van der Waals surface area (Å²) in [5, 5.41) is 8.96. The van der Waals surface area contributed by atoms with Gasteiger partial charge in [-0.3, -0.25) is 9.59 Å². The van der Waals surface area contributed by atoms with E-state index in [9.17, 15) is 14.4 Å². The SMILES string of the molecule is NC(=O)C12CC(CN1C(=O)c1cccc(C(=O)O)c1)C2. The number of aromatic carboxylic acids is 1. The normalized spacial score (nSPS) is 27.0. The van der Waals surface area contributed by atoms with E-state index in [1.54, 1.807) is 6.07 Å². The summed E-state index contributed by atoms with van der Waals surface area (Å²) in [7, 11) is 0. The molecule has 6 heteroatoms. The van der Waals surface area contributed by atoms with Gasteiger partial charge in [-0.2, -0.15) is 0 Å². The summed E-state index contributed by atoms with van der Waals surface area (Å²) in [5.74, 6) is -1.56. The zero-order valence-corrected chi connectivity index (χ0v) is 10.7. The van der Waals surface area contributed by atoms with E-state index in [-0.39, 0.29) is 17.0 Å². The number of hydrogen-bond acceptors (Lipinski definition) is 3. The van der Waals surface area contributed by atoms with Crippen LogP contribution in [0.15, 0.2) is 24.3 Å². The number of carboxylic acid groups (broad SMARTS) is 1. The van der Waals surface area contributed by atoms with Crippen molar-refractivity contribution in [3.63, 3.8) is 0 Å². The Balaban J connectivity index is 1.92. The predicted molar refractivity (Wildman–Crippen MR) is 69.1 cm³/mol. The van der Waals surface area contributed by atoms with E-state index in [4.69, 9.17) is 10.8 Å². The lowest BCUT2D eigenvalue weighted by Gasteiger charge is -2.38. The van der Waals surface area contributed by atoms with Crippen LogP contribution in [0.3, 0.4) is 0 Å². The van der Waals surface area contributed by atoms with Crippen LogP contribution in [0.4, 0.5) is 0 Å². The smallest absolute Gasteiger partial charge is 0.335 e. The van der Waals surface area contributed by atoms with Crippen LogP contribution in [0.25, 0.3) is 0 Å². The first-order chi connectivity index (χ1) is 9.44. The number of benzene rings is 1. The summed E-state index contributed by atoms with van der Waals surface area (Å²) >= 11 is 0. The van der Waals surface area contributed by atoms with Gasteiger partial charge in [-0.05, 0) is 37.0 Å². The second kappa shape index (κ2) is 4.06. The average Bonchev–Trinajstić information content (AvgIpc) is 2.93. The molecule has 2 aliphatic heterocycles. The number of rotatable bonds is 3. The van der Waals surface area contributed by atoms with Crippen molar-refractivity contribution in [3.05, 3.63) is 35.4 Å². The van der Waals surface area contributed by atoms with Gasteiger partial charge in [0.2, 0.25) is 5.91 Å². The molecule has 2 amide bonds. The molecule has 1 aromatic carbocycles. The third-order valence-electron chi connectivity index (χ3n) is 4.27. The molecule has 3 N–H and O–H groups in total. The lowest BCUT2D eigenvalue weighted by atomic mass is 9.73. The minimum absolute atomic E-state index is 0.0514. The molecular formula is C14H14N2O4. The standard InChI is InChI=1S/C14H14N2O4/c15-13(20)14-5-8(6-14)7-16(14)11(17)9-2-1-3-10(4-9)12(18)19/h1-4,8H,5-7H2,(H2,15,20)(H,18,19). The minimum Gasteiger partial charge on any atom is -0.478 e. The zero-order valence-electron chi connectivity index (χ0n) is 10.7. The second-order valence-corrected chi connectivity index (χ2v) is 5.47. The number of carboxylic acids is 1. The van der Waals surface area contributed by atoms with E-state index < -0.39 is 17.4 Å². The number of primary amides is 1. The quantitative estimate of drug-likeness (QED) is 0.836. The molecule has 1 aliphatic carbocycles. The van der Waals surface area contributed by atoms with E-state index in [1.165, 1.54) is 23.1 Å². The third-order valence-corrected chi connectivity index (χ3v) is 4.27. The monoisotopic (exact) mass is 274 g/mol. The highest BCUT2D eigenvalue weighted by Crippen LogP contribution is 2.50. The maximum Gasteiger partial charge on any atom is 0.335 e. The summed E-state index contributed by atoms with van der Waals surface area (Å²) in [6, 6.07) is 5.83. The van der Waals surface area contributed by atoms with Gasteiger partial charge in [0.25, 0.3) is 5.91 Å². The summed E-state index contributed by atoms with van der Waals surface area (Å²) in [6.45, 7) is 0.513. The number of amides is 2. The summed E-state index contributed by atoms with van der Waals surface area (Å²) in [6.07, 6.45) is 1.24. The van der Waals surface area contributed by atoms with Crippen molar-refractivity contribution in [1.29, 1.82) is 0 Å². The van der Waals surface area contributed by atoms with Crippen LogP contribution in [0, 0.1) is 5.92 Å². The number of hydrogen-bond donors (Lipinski definition) is 2. The average molecular weight is 274 g/mol. The molecule has 0 spiro atoms. The van der Waals surface area contributed by atoms with Gasteiger partial charge in [0.1, 0.15) is 5.54 Å². The molecule has 4 rings (SSSR count). The number of nitrogens with two attached hydrogens (primary N) is 1. The van der Waals surface area contributed by atoms with Crippen molar-refractivity contribution in [1.82, 2.24) is 4.90 Å². The Morgan fingerprint density at radius 3 is 2.50 bits per heavy atom. The molecule has 1 aromatic rings. The third kappa shape index (κ3) is 1.61. The lowest BCUT2D eigenvalue weighted by molar-refractivity contribution is -0.129. The predicted octanol–water partition coefficient (Wildman–Crippen LogP) is 0.475. The fourth-order valence-electron chi connectivity index (χ4n) is 3.23. The van der Waals surface area contributed by atoms with Gasteiger partial charge in [-0.25, -0.2) is 4.79 Å². The van der Waals surface area contributed by atoms with Gasteiger partial charge in [0, 0.05) is 12.1 Å².